The highest BCUT2D eigenvalue weighted by atomic mass is 19.1. The number of aliphatic imine (C=N–C) groups is 1. The van der Waals surface area contributed by atoms with Crippen LogP contribution in [0.15, 0.2) is 41.7 Å². The van der Waals surface area contributed by atoms with Gasteiger partial charge < -0.3 is 15.6 Å². The summed E-state index contributed by atoms with van der Waals surface area (Å²) in [4.78, 5) is 25.0. The number of anilines is 1. The second kappa shape index (κ2) is 14.7. The number of methoxy groups -OCH3 is 1. The molecule has 0 atom stereocenters. The average molecular weight is 607 g/mol. The standard InChI is InChI=1S/C35H47FN4O2.CH4O/c1-24(2)38-21-27(20-37)29-19-32(39-22-30(29)36)40(33(41)26-8-6-5-7-9-26)23-34-12-15-35(16-13-34,17-14-34)28-10-11-31(42-4)25(3)18-28;1-2/h10-11,18-22,24,26H,5-9,12-17,23,37H2,1-4H3;2H,1H3/b27-20+,38-21?;. The van der Waals surface area contributed by atoms with Crippen LogP contribution in [0, 0.1) is 24.1 Å². The summed E-state index contributed by atoms with van der Waals surface area (Å²) in [6.45, 7) is 6.66. The lowest BCUT2D eigenvalue weighted by Gasteiger charge is -2.55. The van der Waals surface area contributed by atoms with Gasteiger partial charge in [0.25, 0.3) is 0 Å². The summed E-state index contributed by atoms with van der Waals surface area (Å²) in [5.74, 6) is 1.11. The lowest BCUT2D eigenvalue weighted by molar-refractivity contribution is -0.124. The Bertz CT molecular complexity index is 1320. The van der Waals surface area contributed by atoms with Crippen LogP contribution in [0.1, 0.15) is 101 Å². The number of ether oxygens (including phenoxy) is 1. The number of aliphatic hydroxyl groups is 1. The van der Waals surface area contributed by atoms with Crippen molar-refractivity contribution in [2.24, 2.45) is 22.1 Å². The molecule has 1 aromatic carbocycles. The molecule has 2 bridgehead atoms. The first-order chi connectivity index (χ1) is 21.2. The van der Waals surface area contributed by atoms with Crippen molar-refractivity contribution in [1.82, 2.24) is 4.98 Å². The van der Waals surface area contributed by atoms with Crippen LogP contribution in [0.5, 0.6) is 5.75 Å². The van der Waals surface area contributed by atoms with Crippen LogP contribution >= 0.6 is 0 Å². The molecule has 0 aliphatic heterocycles. The van der Waals surface area contributed by atoms with Crippen molar-refractivity contribution in [2.75, 3.05) is 25.7 Å². The highest BCUT2D eigenvalue weighted by molar-refractivity contribution is 6.10. The third kappa shape index (κ3) is 7.17. The van der Waals surface area contributed by atoms with E-state index in [-0.39, 0.29) is 28.7 Å². The lowest BCUT2D eigenvalue weighted by Crippen LogP contribution is -2.51. The maximum Gasteiger partial charge on any atom is 0.231 e. The van der Waals surface area contributed by atoms with E-state index in [1.165, 1.54) is 29.9 Å². The van der Waals surface area contributed by atoms with E-state index in [1.807, 2.05) is 18.7 Å². The molecule has 1 aromatic heterocycles. The number of benzene rings is 1. The first kappa shape index (κ1) is 33.6. The Morgan fingerprint density at radius 3 is 2.36 bits per heavy atom. The zero-order chi connectivity index (χ0) is 31.9. The Morgan fingerprint density at radius 1 is 1.14 bits per heavy atom. The summed E-state index contributed by atoms with van der Waals surface area (Å²) in [5, 5.41) is 7.00. The van der Waals surface area contributed by atoms with Crippen molar-refractivity contribution in [3.05, 3.63) is 59.2 Å². The second-order valence-corrected chi connectivity index (χ2v) is 13.2. The number of hydrogen-bond donors (Lipinski definition) is 2. The number of aliphatic hydroxyl groups excluding tert-OH is 1. The van der Waals surface area contributed by atoms with E-state index in [0.29, 0.717) is 23.5 Å². The molecule has 4 fully saturated rings. The lowest BCUT2D eigenvalue weighted by atomic mass is 9.51. The zero-order valence-corrected chi connectivity index (χ0v) is 27.2. The Kier molecular flexibility index (Phi) is 11.2. The normalized spacial score (nSPS) is 23.9. The highest BCUT2D eigenvalue weighted by Gasteiger charge is 2.50. The smallest absolute Gasteiger partial charge is 0.231 e. The van der Waals surface area contributed by atoms with Gasteiger partial charge in [0.1, 0.15) is 17.4 Å². The van der Waals surface area contributed by atoms with E-state index >= 15 is 4.39 Å². The van der Waals surface area contributed by atoms with Gasteiger partial charge in [-0.3, -0.25) is 14.7 Å². The molecule has 6 rings (SSSR count). The van der Waals surface area contributed by atoms with Gasteiger partial charge in [-0.2, -0.15) is 0 Å². The molecule has 0 radical (unpaired) electrons. The fraction of sp³-hybridized carbons (Fsp3) is 0.583. The fourth-order valence-corrected chi connectivity index (χ4v) is 7.55. The van der Waals surface area contributed by atoms with Gasteiger partial charge in [0, 0.05) is 49.2 Å². The summed E-state index contributed by atoms with van der Waals surface area (Å²) in [6.07, 6.45) is 15.9. The Hall–Kier alpha value is -3.26. The zero-order valence-electron chi connectivity index (χ0n) is 27.2. The number of carbonyl (C=O) groups is 1. The minimum Gasteiger partial charge on any atom is -0.496 e. The number of allylic oxidation sites excluding steroid dienone is 1. The molecule has 4 aliphatic rings. The number of hydrogen-bond acceptors (Lipinski definition) is 6. The molecule has 4 aliphatic carbocycles. The van der Waals surface area contributed by atoms with Gasteiger partial charge in [-0.15, -0.1) is 0 Å². The van der Waals surface area contributed by atoms with Crippen LogP contribution in [0.2, 0.25) is 0 Å². The summed E-state index contributed by atoms with van der Waals surface area (Å²) >= 11 is 0. The molecular formula is C36H51FN4O3. The van der Waals surface area contributed by atoms with Crippen LogP contribution in [-0.2, 0) is 10.2 Å². The van der Waals surface area contributed by atoms with E-state index in [4.69, 9.17) is 15.6 Å². The monoisotopic (exact) mass is 606 g/mol. The number of rotatable bonds is 9. The molecule has 0 saturated heterocycles. The summed E-state index contributed by atoms with van der Waals surface area (Å²) in [5.41, 5.74) is 9.55. The minimum absolute atomic E-state index is 0.00831. The van der Waals surface area contributed by atoms with Crippen molar-refractivity contribution in [1.29, 1.82) is 0 Å². The van der Waals surface area contributed by atoms with Gasteiger partial charge >= 0.3 is 0 Å². The number of fused-ring (bicyclic) bond motifs is 3. The summed E-state index contributed by atoms with van der Waals surface area (Å²) in [7, 11) is 2.72. The summed E-state index contributed by atoms with van der Waals surface area (Å²) < 4.78 is 20.6. The van der Waals surface area contributed by atoms with Gasteiger partial charge in [-0.1, -0.05) is 31.4 Å². The number of pyridine rings is 1. The molecule has 240 valence electrons. The SMILES string of the molecule is CO.COc1ccc(C23CCC(CN(C(=O)C4CCCCC4)c4cc(/C(C=NC(C)C)=C/N)c(F)cn4)(CC2)CC3)cc1C. The minimum atomic E-state index is -0.469. The van der Waals surface area contributed by atoms with Crippen LogP contribution in [0.25, 0.3) is 5.57 Å². The maximum absolute atomic E-state index is 15.1. The predicted molar refractivity (Wildman–Crippen MR) is 177 cm³/mol. The first-order valence-electron chi connectivity index (χ1n) is 16.2. The Balaban J connectivity index is 0.00000216. The molecule has 0 unspecified atom stereocenters. The Labute approximate surface area is 262 Å². The van der Waals surface area contributed by atoms with E-state index in [1.54, 1.807) is 19.4 Å². The predicted octanol–water partition coefficient (Wildman–Crippen LogP) is 7.13. The third-order valence-electron chi connectivity index (χ3n) is 10.2. The van der Waals surface area contributed by atoms with Gasteiger partial charge in [-0.05, 0) is 106 Å². The van der Waals surface area contributed by atoms with E-state index in [9.17, 15) is 4.79 Å². The molecule has 8 heteroatoms. The van der Waals surface area contributed by atoms with Gasteiger partial charge in [-0.25, -0.2) is 9.37 Å². The molecule has 1 heterocycles. The largest absolute Gasteiger partial charge is 0.496 e. The number of aromatic nitrogens is 1. The average Bonchev–Trinajstić information content (AvgIpc) is 3.06. The third-order valence-corrected chi connectivity index (χ3v) is 10.2. The Morgan fingerprint density at radius 2 is 1.80 bits per heavy atom. The van der Waals surface area contributed by atoms with E-state index in [2.05, 4.69) is 35.1 Å². The number of amides is 1. The van der Waals surface area contributed by atoms with Crippen LogP contribution in [-0.4, -0.2) is 49.0 Å². The molecule has 44 heavy (non-hydrogen) atoms. The number of nitrogens with two attached hydrogens (primary N) is 1. The summed E-state index contributed by atoms with van der Waals surface area (Å²) in [6, 6.07) is 8.42. The number of aryl methyl sites for hydroxylation is 1. The van der Waals surface area contributed by atoms with Gasteiger partial charge in [0.15, 0.2) is 0 Å². The molecule has 0 spiro atoms. The number of halogens is 1. The van der Waals surface area contributed by atoms with Crippen molar-refractivity contribution < 1.29 is 19.0 Å². The fourth-order valence-electron chi connectivity index (χ4n) is 7.55. The number of nitrogens with zero attached hydrogens (tertiary/aromatic N) is 3. The van der Waals surface area contributed by atoms with Crippen molar-refractivity contribution in [2.45, 2.75) is 103 Å². The van der Waals surface area contributed by atoms with Crippen LogP contribution < -0.4 is 15.4 Å². The number of carbonyl (C=O) groups excluding carboxylic acids is 1. The van der Waals surface area contributed by atoms with Crippen molar-refractivity contribution in [3.8, 4) is 5.75 Å². The van der Waals surface area contributed by atoms with Crippen LogP contribution in [0.4, 0.5) is 10.2 Å². The molecule has 4 saturated carbocycles. The molecule has 7 nitrogen and oxygen atoms in total. The molecular weight excluding hydrogens is 555 g/mol. The highest BCUT2D eigenvalue weighted by Crippen LogP contribution is 2.58. The van der Waals surface area contributed by atoms with Crippen molar-refractivity contribution in [3.63, 3.8) is 0 Å². The second-order valence-electron chi connectivity index (χ2n) is 13.2. The molecule has 2 aromatic rings. The van der Waals surface area contributed by atoms with Gasteiger partial charge in [0.05, 0.1) is 13.3 Å². The van der Waals surface area contributed by atoms with Crippen LogP contribution in [0.3, 0.4) is 0 Å². The quantitative estimate of drug-likeness (QED) is 0.296. The molecule has 3 N–H and O–H groups in total. The van der Waals surface area contributed by atoms with Crippen molar-refractivity contribution >= 4 is 23.5 Å². The van der Waals surface area contributed by atoms with Gasteiger partial charge in [0.2, 0.25) is 5.91 Å². The topological polar surface area (TPSA) is 101 Å². The van der Waals surface area contributed by atoms with E-state index in [0.717, 1.165) is 77.1 Å². The molecule has 1 amide bonds. The maximum atomic E-state index is 15.1. The van der Waals surface area contributed by atoms with E-state index < -0.39 is 5.82 Å². The first-order valence-corrected chi connectivity index (χ1v) is 16.2.